The number of hydrogen-bond acceptors (Lipinski definition) is 2. The highest BCUT2D eigenvalue weighted by Crippen LogP contribution is 2.15. The second kappa shape index (κ2) is 3.92. The molecule has 1 heterocycles. The van der Waals surface area contributed by atoms with Crippen LogP contribution in [0, 0.1) is 0 Å². The Kier molecular flexibility index (Phi) is 2.45. The zero-order valence-electron chi connectivity index (χ0n) is 7.93. The Morgan fingerprint density at radius 3 is 2.64 bits per heavy atom. The third-order valence-electron chi connectivity index (χ3n) is 2.16. The summed E-state index contributed by atoms with van der Waals surface area (Å²) in [5, 5.41) is 0. The van der Waals surface area contributed by atoms with Crippen molar-refractivity contribution < 1.29 is 0 Å². The normalized spacial score (nSPS) is 14.4. The van der Waals surface area contributed by atoms with Gasteiger partial charge in [0.15, 0.2) is 0 Å². The minimum Gasteiger partial charge on any atom is -0.329 e. The Hall–Kier alpha value is -1.83. The Balaban J connectivity index is 2.20. The second-order valence-electron chi connectivity index (χ2n) is 3.10. The summed E-state index contributed by atoms with van der Waals surface area (Å²) in [6, 6.07) is 8.24. The van der Waals surface area contributed by atoms with Gasteiger partial charge >= 0.3 is 0 Å². The third-order valence-corrected chi connectivity index (χ3v) is 2.16. The SMILES string of the molecule is C=Cc1ccc(N2C=NC=CC2)cc1. The van der Waals surface area contributed by atoms with Gasteiger partial charge < -0.3 is 4.90 Å². The fourth-order valence-electron chi connectivity index (χ4n) is 1.36. The molecule has 0 amide bonds. The maximum atomic E-state index is 4.08. The van der Waals surface area contributed by atoms with Crippen molar-refractivity contribution in [2.75, 3.05) is 11.4 Å². The van der Waals surface area contributed by atoms with Crippen molar-refractivity contribution in [2.24, 2.45) is 4.99 Å². The molecule has 0 saturated carbocycles. The summed E-state index contributed by atoms with van der Waals surface area (Å²) < 4.78 is 0. The van der Waals surface area contributed by atoms with Crippen molar-refractivity contribution in [3.05, 3.63) is 48.7 Å². The standard InChI is InChI=1S/C12H12N2/c1-2-11-4-6-12(7-5-11)14-9-3-8-13-10-14/h2-8,10H,1,9H2. The van der Waals surface area contributed by atoms with Crippen LogP contribution in [0.3, 0.4) is 0 Å². The molecule has 0 aromatic heterocycles. The fourth-order valence-corrected chi connectivity index (χ4v) is 1.36. The Labute approximate surface area is 83.9 Å². The summed E-state index contributed by atoms with van der Waals surface area (Å²) in [4.78, 5) is 6.17. The van der Waals surface area contributed by atoms with Crippen LogP contribution in [0.2, 0.25) is 0 Å². The van der Waals surface area contributed by atoms with Crippen LogP contribution in [0.25, 0.3) is 6.08 Å². The first-order valence-electron chi connectivity index (χ1n) is 4.57. The minimum absolute atomic E-state index is 0.886. The van der Waals surface area contributed by atoms with Gasteiger partial charge in [-0.3, -0.25) is 0 Å². The van der Waals surface area contributed by atoms with Gasteiger partial charge in [0.05, 0.1) is 6.34 Å². The molecular weight excluding hydrogens is 172 g/mol. The molecule has 0 unspecified atom stereocenters. The lowest BCUT2D eigenvalue weighted by Gasteiger charge is -2.19. The second-order valence-corrected chi connectivity index (χ2v) is 3.10. The van der Waals surface area contributed by atoms with Gasteiger partial charge in [-0.05, 0) is 23.8 Å². The van der Waals surface area contributed by atoms with Crippen molar-refractivity contribution in [1.29, 1.82) is 0 Å². The van der Waals surface area contributed by atoms with E-state index in [1.165, 1.54) is 0 Å². The highest BCUT2D eigenvalue weighted by atomic mass is 15.2. The molecule has 0 radical (unpaired) electrons. The molecule has 0 spiro atoms. The molecule has 1 aliphatic heterocycles. The van der Waals surface area contributed by atoms with E-state index in [0.717, 1.165) is 17.8 Å². The number of nitrogens with zero attached hydrogens (tertiary/aromatic N) is 2. The maximum Gasteiger partial charge on any atom is 0.0952 e. The molecule has 0 saturated heterocycles. The number of hydrogen-bond donors (Lipinski definition) is 0. The van der Waals surface area contributed by atoms with Crippen molar-refractivity contribution >= 4 is 18.1 Å². The molecule has 1 aliphatic rings. The lowest BCUT2D eigenvalue weighted by Crippen LogP contribution is -2.22. The quantitative estimate of drug-likeness (QED) is 0.690. The molecule has 0 atom stereocenters. The summed E-state index contributed by atoms with van der Waals surface area (Å²) >= 11 is 0. The smallest absolute Gasteiger partial charge is 0.0952 e. The van der Waals surface area contributed by atoms with Crippen LogP contribution >= 0.6 is 0 Å². The molecule has 2 heteroatoms. The van der Waals surface area contributed by atoms with Crippen LogP contribution in [0.1, 0.15) is 5.56 Å². The van der Waals surface area contributed by atoms with E-state index >= 15 is 0 Å². The topological polar surface area (TPSA) is 15.6 Å². The van der Waals surface area contributed by atoms with Crippen LogP contribution in [-0.4, -0.2) is 12.9 Å². The van der Waals surface area contributed by atoms with E-state index in [2.05, 4.69) is 40.7 Å². The molecular formula is C12H12N2. The first-order valence-corrected chi connectivity index (χ1v) is 4.57. The summed E-state index contributed by atoms with van der Waals surface area (Å²) in [5.74, 6) is 0. The zero-order valence-corrected chi connectivity index (χ0v) is 7.93. The van der Waals surface area contributed by atoms with Gasteiger partial charge in [-0.25, -0.2) is 4.99 Å². The van der Waals surface area contributed by atoms with E-state index in [4.69, 9.17) is 0 Å². The molecule has 1 aromatic carbocycles. The van der Waals surface area contributed by atoms with Gasteiger partial charge in [-0.1, -0.05) is 24.8 Å². The van der Waals surface area contributed by atoms with Crippen LogP contribution in [-0.2, 0) is 0 Å². The summed E-state index contributed by atoms with van der Waals surface area (Å²) in [5.41, 5.74) is 2.29. The largest absolute Gasteiger partial charge is 0.329 e. The van der Waals surface area contributed by atoms with Crippen LogP contribution in [0.4, 0.5) is 5.69 Å². The molecule has 2 nitrogen and oxygen atoms in total. The van der Waals surface area contributed by atoms with E-state index in [1.807, 2.05) is 24.7 Å². The van der Waals surface area contributed by atoms with E-state index in [0.29, 0.717) is 0 Å². The molecule has 0 fully saturated rings. The number of aliphatic imine (C=N–C) groups is 1. The number of benzene rings is 1. The van der Waals surface area contributed by atoms with Crippen LogP contribution < -0.4 is 4.90 Å². The third kappa shape index (κ3) is 1.74. The number of rotatable bonds is 2. The zero-order chi connectivity index (χ0) is 9.80. The van der Waals surface area contributed by atoms with Crippen molar-refractivity contribution in [3.8, 4) is 0 Å². The molecule has 14 heavy (non-hydrogen) atoms. The van der Waals surface area contributed by atoms with E-state index in [-0.39, 0.29) is 0 Å². The molecule has 0 N–H and O–H groups in total. The lowest BCUT2D eigenvalue weighted by atomic mass is 10.2. The Morgan fingerprint density at radius 1 is 1.29 bits per heavy atom. The summed E-state index contributed by atoms with van der Waals surface area (Å²) in [6.07, 6.45) is 7.52. The average molecular weight is 184 g/mol. The van der Waals surface area contributed by atoms with E-state index in [1.54, 1.807) is 0 Å². The Bertz CT molecular complexity index is 374. The van der Waals surface area contributed by atoms with Crippen molar-refractivity contribution in [2.45, 2.75) is 0 Å². The van der Waals surface area contributed by atoms with Gasteiger partial charge in [0.25, 0.3) is 0 Å². The number of anilines is 1. The molecule has 70 valence electrons. The summed E-state index contributed by atoms with van der Waals surface area (Å²) in [6.45, 7) is 4.61. The predicted octanol–water partition coefficient (Wildman–Crippen LogP) is 2.69. The van der Waals surface area contributed by atoms with Gasteiger partial charge in [-0.2, -0.15) is 0 Å². The molecule has 0 bridgehead atoms. The average Bonchev–Trinajstić information content (AvgIpc) is 2.30. The summed E-state index contributed by atoms with van der Waals surface area (Å²) in [7, 11) is 0. The minimum atomic E-state index is 0.886. The van der Waals surface area contributed by atoms with Gasteiger partial charge in [-0.15, -0.1) is 0 Å². The predicted molar refractivity (Wildman–Crippen MR) is 61.5 cm³/mol. The highest BCUT2D eigenvalue weighted by molar-refractivity contribution is 5.81. The van der Waals surface area contributed by atoms with Crippen molar-refractivity contribution in [3.63, 3.8) is 0 Å². The van der Waals surface area contributed by atoms with E-state index in [9.17, 15) is 0 Å². The van der Waals surface area contributed by atoms with Gasteiger partial charge in [0.1, 0.15) is 0 Å². The van der Waals surface area contributed by atoms with Crippen LogP contribution in [0.15, 0.2) is 48.1 Å². The first-order chi connectivity index (χ1) is 6.90. The highest BCUT2D eigenvalue weighted by Gasteiger charge is 2.02. The Morgan fingerprint density at radius 2 is 2.07 bits per heavy atom. The fraction of sp³-hybridized carbons (Fsp3) is 0.0833. The molecule has 2 rings (SSSR count). The van der Waals surface area contributed by atoms with E-state index < -0.39 is 0 Å². The van der Waals surface area contributed by atoms with Gasteiger partial charge in [0.2, 0.25) is 0 Å². The lowest BCUT2D eigenvalue weighted by molar-refractivity contribution is 1.13. The molecule has 1 aromatic rings. The van der Waals surface area contributed by atoms with Gasteiger partial charge in [0, 0.05) is 18.4 Å². The maximum absolute atomic E-state index is 4.08. The van der Waals surface area contributed by atoms with Crippen molar-refractivity contribution in [1.82, 2.24) is 0 Å². The molecule has 0 aliphatic carbocycles. The first kappa shape index (κ1) is 8.75. The monoisotopic (exact) mass is 184 g/mol. The van der Waals surface area contributed by atoms with Crippen LogP contribution in [0.5, 0.6) is 0 Å².